The first kappa shape index (κ1) is 11.8. The first-order valence-corrected chi connectivity index (χ1v) is 7.05. The fourth-order valence-electron chi connectivity index (χ4n) is 2.58. The van der Waals surface area contributed by atoms with Crippen LogP contribution in [0.3, 0.4) is 0 Å². The van der Waals surface area contributed by atoms with Gasteiger partial charge in [0.1, 0.15) is 5.75 Å². The lowest BCUT2D eigenvalue weighted by Gasteiger charge is -2.35. The first-order valence-electron chi connectivity index (χ1n) is 5.83. The molecule has 0 saturated heterocycles. The van der Waals surface area contributed by atoms with Gasteiger partial charge in [-0.05, 0) is 30.7 Å². The number of nitrogens with two attached hydrogens (primary N) is 1. The average Bonchev–Trinajstić information content (AvgIpc) is 2.29. The zero-order valence-corrected chi connectivity index (χ0v) is 10.5. The van der Waals surface area contributed by atoms with Crippen molar-refractivity contribution in [3.05, 3.63) is 23.8 Å². The molecule has 0 atom stereocenters. The van der Waals surface area contributed by atoms with E-state index in [1.807, 2.05) is 12.3 Å². The van der Waals surface area contributed by atoms with Crippen molar-refractivity contribution in [2.75, 3.05) is 6.26 Å². The van der Waals surface area contributed by atoms with Crippen LogP contribution in [0.4, 0.5) is 0 Å². The molecular weight excluding hydrogens is 218 g/mol. The van der Waals surface area contributed by atoms with Crippen LogP contribution in [-0.2, 0) is 5.54 Å². The van der Waals surface area contributed by atoms with Crippen molar-refractivity contribution < 1.29 is 5.11 Å². The topological polar surface area (TPSA) is 46.2 Å². The van der Waals surface area contributed by atoms with Gasteiger partial charge in [-0.15, -0.1) is 11.8 Å². The van der Waals surface area contributed by atoms with E-state index in [-0.39, 0.29) is 5.54 Å². The van der Waals surface area contributed by atoms with E-state index < -0.39 is 0 Å². The Labute approximate surface area is 101 Å². The lowest BCUT2D eigenvalue weighted by atomic mass is 9.77. The molecular formula is C13H19NOS. The van der Waals surface area contributed by atoms with Gasteiger partial charge < -0.3 is 10.8 Å². The molecule has 1 saturated carbocycles. The van der Waals surface area contributed by atoms with Gasteiger partial charge in [0.25, 0.3) is 0 Å². The van der Waals surface area contributed by atoms with E-state index in [1.54, 1.807) is 17.8 Å². The monoisotopic (exact) mass is 237 g/mol. The second-order valence-corrected chi connectivity index (χ2v) is 5.39. The van der Waals surface area contributed by atoms with Crippen LogP contribution in [-0.4, -0.2) is 11.4 Å². The van der Waals surface area contributed by atoms with Gasteiger partial charge in [0.2, 0.25) is 0 Å². The average molecular weight is 237 g/mol. The van der Waals surface area contributed by atoms with Crippen molar-refractivity contribution in [2.24, 2.45) is 5.73 Å². The van der Waals surface area contributed by atoms with Crippen LogP contribution in [0.15, 0.2) is 23.1 Å². The number of hydrogen-bond donors (Lipinski definition) is 2. The molecule has 0 radical (unpaired) electrons. The molecule has 1 aliphatic rings. The number of phenolic OH excluding ortho intramolecular Hbond substituents is 1. The Morgan fingerprint density at radius 2 is 1.94 bits per heavy atom. The predicted octanol–water partition coefficient (Wildman–Crippen LogP) is 3.23. The molecule has 1 aromatic carbocycles. The fourth-order valence-corrected chi connectivity index (χ4v) is 3.35. The third-order valence-corrected chi connectivity index (χ3v) is 4.32. The number of rotatable bonds is 2. The van der Waals surface area contributed by atoms with Gasteiger partial charge in [0.15, 0.2) is 0 Å². The fraction of sp³-hybridized carbons (Fsp3) is 0.538. The van der Waals surface area contributed by atoms with Gasteiger partial charge in [-0.2, -0.15) is 0 Å². The highest BCUT2D eigenvalue weighted by Crippen LogP contribution is 2.41. The third kappa shape index (κ3) is 2.06. The summed E-state index contributed by atoms with van der Waals surface area (Å²) in [7, 11) is 0. The summed E-state index contributed by atoms with van der Waals surface area (Å²) in [6.07, 6.45) is 7.73. The Balaban J connectivity index is 2.41. The maximum absolute atomic E-state index is 9.86. The van der Waals surface area contributed by atoms with Gasteiger partial charge in [-0.25, -0.2) is 0 Å². The molecule has 1 aromatic rings. The molecule has 16 heavy (non-hydrogen) atoms. The highest BCUT2D eigenvalue weighted by Gasteiger charge is 2.32. The SMILES string of the molecule is CSc1c(O)cccc1C1(N)CCCCC1. The maximum Gasteiger partial charge on any atom is 0.129 e. The van der Waals surface area contributed by atoms with E-state index in [4.69, 9.17) is 5.73 Å². The second kappa shape index (κ2) is 4.68. The van der Waals surface area contributed by atoms with Crippen molar-refractivity contribution in [3.8, 4) is 5.75 Å². The number of phenols is 1. The summed E-state index contributed by atoms with van der Waals surface area (Å²) in [5.74, 6) is 0.361. The summed E-state index contributed by atoms with van der Waals surface area (Å²) in [6.45, 7) is 0. The van der Waals surface area contributed by atoms with Crippen molar-refractivity contribution >= 4 is 11.8 Å². The van der Waals surface area contributed by atoms with Gasteiger partial charge >= 0.3 is 0 Å². The molecule has 2 rings (SSSR count). The van der Waals surface area contributed by atoms with E-state index in [0.29, 0.717) is 5.75 Å². The van der Waals surface area contributed by atoms with E-state index in [2.05, 4.69) is 6.07 Å². The molecule has 0 aliphatic heterocycles. The van der Waals surface area contributed by atoms with E-state index in [9.17, 15) is 5.11 Å². The smallest absolute Gasteiger partial charge is 0.129 e. The number of benzene rings is 1. The Morgan fingerprint density at radius 1 is 1.25 bits per heavy atom. The largest absolute Gasteiger partial charge is 0.507 e. The van der Waals surface area contributed by atoms with Crippen LogP contribution in [0.25, 0.3) is 0 Å². The minimum absolute atomic E-state index is 0.227. The number of thioether (sulfide) groups is 1. The summed E-state index contributed by atoms with van der Waals surface area (Å²) in [6, 6.07) is 5.70. The molecule has 3 N–H and O–H groups in total. The first-order chi connectivity index (χ1) is 7.67. The highest BCUT2D eigenvalue weighted by molar-refractivity contribution is 7.98. The molecule has 0 unspecified atom stereocenters. The highest BCUT2D eigenvalue weighted by atomic mass is 32.2. The van der Waals surface area contributed by atoms with Gasteiger partial charge in [0.05, 0.1) is 4.90 Å². The van der Waals surface area contributed by atoms with Crippen LogP contribution < -0.4 is 5.73 Å². The van der Waals surface area contributed by atoms with Crippen LogP contribution in [0.2, 0.25) is 0 Å². The minimum Gasteiger partial charge on any atom is -0.507 e. The summed E-state index contributed by atoms with van der Waals surface area (Å²) in [5, 5.41) is 9.86. The molecule has 0 bridgehead atoms. The second-order valence-electron chi connectivity index (χ2n) is 4.57. The third-order valence-electron chi connectivity index (χ3n) is 3.48. The van der Waals surface area contributed by atoms with Gasteiger partial charge in [-0.3, -0.25) is 0 Å². The van der Waals surface area contributed by atoms with Crippen LogP contribution in [0, 0.1) is 0 Å². The molecule has 0 spiro atoms. The van der Waals surface area contributed by atoms with Gasteiger partial charge in [-0.1, -0.05) is 31.4 Å². The van der Waals surface area contributed by atoms with Crippen LogP contribution >= 0.6 is 11.8 Å². The lowest BCUT2D eigenvalue weighted by Crippen LogP contribution is -2.39. The molecule has 1 aliphatic carbocycles. The number of hydrogen-bond acceptors (Lipinski definition) is 3. The normalized spacial score (nSPS) is 19.6. The molecule has 0 heterocycles. The maximum atomic E-state index is 9.86. The van der Waals surface area contributed by atoms with E-state index >= 15 is 0 Å². The van der Waals surface area contributed by atoms with Crippen LogP contribution in [0.1, 0.15) is 37.7 Å². The van der Waals surface area contributed by atoms with Crippen LogP contribution in [0.5, 0.6) is 5.75 Å². The summed E-state index contributed by atoms with van der Waals surface area (Å²) < 4.78 is 0. The Kier molecular flexibility index (Phi) is 3.45. The summed E-state index contributed by atoms with van der Waals surface area (Å²) in [5.41, 5.74) is 7.40. The predicted molar refractivity (Wildman–Crippen MR) is 68.8 cm³/mol. The summed E-state index contributed by atoms with van der Waals surface area (Å²) >= 11 is 1.58. The Morgan fingerprint density at radius 3 is 2.56 bits per heavy atom. The molecule has 0 amide bonds. The Bertz CT molecular complexity index is 372. The lowest BCUT2D eigenvalue weighted by molar-refractivity contribution is 0.296. The Hall–Kier alpha value is -0.670. The van der Waals surface area contributed by atoms with E-state index in [0.717, 1.165) is 23.3 Å². The molecule has 2 nitrogen and oxygen atoms in total. The molecule has 1 fully saturated rings. The van der Waals surface area contributed by atoms with Crippen molar-refractivity contribution in [1.82, 2.24) is 0 Å². The zero-order valence-electron chi connectivity index (χ0n) is 9.70. The molecule has 3 heteroatoms. The van der Waals surface area contributed by atoms with Crippen molar-refractivity contribution in [2.45, 2.75) is 42.5 Å². The van der Waals surface area contributed by atoms with E-state index in [1.165, 1.54) is 19.3 Å². The van der Waals surface area contributed by atoms with Crippen molar-refractivity contribution in [3.63, 3.8) is 0 Å². The molecule has 88 valence electrons. The van der Waals surface area contributed by atoms with Gasteiger partial charge in [0, 0.05) is 5.54 Å². The van der Waals surface area contributed by atoms with Crippen molar-refractivity contribution in [1.29, 1.82) is 0 Å². The summed E-state index contributed by atoms with van der Waals surface area (Å²) in [4.78, 5) is 0.951. The zero-order chi connectivity index (χ0) is 11.6. The minimum atomic E-state index is -0.227. The quantitative estimate of drug-likeness (QED) is 0.776. The molecule has 0 aromatic heterocycles. The standard InChI is InChI=1S/C13H19NOS/c1-16-12-10(6-5-7-11(12)15)13(14)8-3-2-4-9-13/h5-7,15H,2-4,8-9,14H2,1H3. The number of aromatic hydroxyl groups is 1.